The third kappa shape index (κ3) is 4.07. The maximum atomic E-state index is 8.48. The second-order valence-electron chi connectivity index (χ2n) is 2.86. The molecule has 0 radical (unpaired) electrons. The van der Waals surface area contributed by atoms with Crippen LogP contribution < -0.4 is 15.9 Å². The highest BCUT2D eigenvalue weighted by Gasteiger charge is 1.98. The van der Waals surface area contributed by atoms with E-state index in [4.69, 9.17) is 5.26 Å². The predicted molar refractivity (Wildman–Crippen MR) is 71.4 cm³/mol. The molecule has 17 heavy (non-hydrogen) atoms. The Morgan fingerprint density at radius 3 is 2.47 bits per heavy atom. The molecule has 0 amide bonds. The van der Waals surface area contributed by atoms with Gasteiger partial charge in [0, 0.05) is 5.22 Å². The molecule has 1 heterocycles. The third-order valence-electron chi connectivity index (χ3n) is 1.90. The lowest BCUT2D eigenvalue weighted by Gasteiger charge is -1.99. The average molecular weight is 230 g/mol. The first-order chi connectivity index (χ1) is 8.22. The van der Waals surface area contributed by atoms with Crippen LogP contribution in [0.5, 0.6) is 0 Å². The number of nitriles is 1. The van der Waals surface area contributed by atoms with Crippen molar-refractivity contribution < 1.29 is 0 Å². The molecule has 0 aliphatic rings. The standard InChI is InChI=1S/C11H12N4.C2H6/c1-4-6-10-9(5-2)8(3)14-11(15-10)13-7-12;1-2/h4-6H,1H2,2-3H3,(H,13,15);1-2H3/b9-5-,10-6+;. The maximum absolute atomic E-state index is 8.48. The summed E-state index contributed by atoms with van der Waals surface area (Å²) in [6, 6.07) is 0. The Kier molecular flexibility index (Phi) is 7.04. The number of nitrogens with zero attached hydrogens (tertiary/aromatic N) is 3. The van der Waals surface area contributed by atoms with Gasteiger partial charge in [-0.2, -0.15) is 5.26 Å². The van der Waals surface area contributed by atoms with Crippen molar-refractivity contribution >= 4 is 18.1 Å². The van der Waals surface area contributed by atoms with E-state index in [9.17, 15) is 0 Å². The van der Waals surface area contributed by atoms with Gasteiger partial charge in [-0.05, 0) is 19.9 Å². The van der Waals surface area contributed by atoms with Crippen LogP contribution in [0.25, 0.3) is 12.2 Å². The van der Waals surface area contributed by atoms with Gasteiger partial charge < -0.3 is 0 Å². The van der Waals surface area contributed by atoms with Crippen molar-refractivity contribution in [2.45, 2.75) is 27.7 Å². The number of allylic oxidation sites excluding steroid dienone is 1. The summed E-state index contributed by atoms with van der Waals surface area (Å²) in [5.41, 5.74) is 0.832. The number of aromatic nitrogens is 2. The smallest absolute Gasteiger partial charge is 0.236 e. The molecule has 0 aromatic carbocycles. The summed E-state index contributed by atoms with van der Waals surface area (Å²) in [6.07, 6.45) is 7.17. The van der Waals surface area contributed by atoms with E-state index in [1.54, 1.807) is 18.3 Å². The van der Waals surface area contributed by atoms with Crippen LogP contribution in [0.3, 0.4) is 0 Å². The van der Waals surface area contributed by atoms with Crippen LogP contribution in [-0.2, 0) is 0 Å². The summed E-state index contributed by atoms with van der Waals surface area (Å²) in [5, 5.41) is 12.6. The molecule has 4 nitrogen and oxygen atoms in total. The minimum absolute atomic E-state index is 0.314. The fourth-order valence-electron chi connectivity index (χ4n) is 1.31. The van der Waals surface area contributed by atoms with Crippen LogP contribution >= 0.6 is 0 Å². The zero-order valence-electron chi connectivity index (χ0n) is 10.8. The van der Waals surface area contributed by atoms with E-state index in [-0.39, 0.29) is 0 Å². The van der Waals surface area contributed by atoms with E-state index >= 15 is 0 Å². The fraction of sp³-hybridized carbons (Fsp3) is 0.308. The van der Waals surface area contributed by atoms with E-state index in [1.165, 1.54) is 0 Å². The monoisotopic (exact) mass is 230 g/mol. The Bertz CT molecular complexity index is 524. The zero-order chi connectivity index (χ0) is 13.3. The minimum atomic E-state index is 0.314. The molecule has 0 atom stereocenters. The Morgan fingerprint density at radius 2 is 2.00 bits per heavy atom. The van der Waals surface area contributed by atoms with Crippen LogP contribution in [0, 0.1) is 18.4 Å². The Labute approximate surface area is 102 Å². The molecule has 1 rings (SSSR count). The highest BCUT2D eigenvalue weighted by atomic mass is 15.1. The highest BCUT2D eigenvalue weighted by molar-refractivity contribution is 5.40. The second-order valence-corrected chi connectivity index (χ2v) is 2.86. The van der Waals surface area contributed by atoms with Crippen LogP contribution in [-0.4, -0.2) is 9.97 Å². The first-order valence-corrected chi connectivity index (χ1v) is 5.51. The molecule has 0 unspecified atom stereocenters. The first-order valence-electron chi connectivity index (χ1n) is 5.51. The molecule has 4 heteroatoms. The topological polar surface area (TPSA) is 61.6 Å². The molecule has 0 aliphatic carbocycles. The summed E-state index contributed by atoms with van der Waals surface area (Å²) >= 11 is 0. The van der Waals surface area contributed by atoms with E-state index in [2.05, 4.69) is 21.9 Å². The normalized spacial score (nSPS) is 11.2. The van der Waals surface area contributed by atoms with Gasteiger partial charge in [-0.25, -0.2) is 9.97 Å². The van der Waals surface area contributed by atoms with Crippen molar-refractivity contribution in [2.75, 3.05) is 5.32 Å². The van der Waals surface area contributed by atoms with Gasteiger partial charge in [0.05, 0.1) is 11.0 Å². The van der Waals surface area contributed by atoms with Crippen LogP contribution in [0.4, 0.5) is 5.95 Å². The summed E-state index contributed by atoms with van der Waals surface area (Å²) in [4.78, 5) is 8.33. The molecule has 90 valence electrons. The number of hydrogen-bond donors (Lipinski definition) is 1. The number of rotatable bonds is 2. The lowest BCUT2D eigenvalue weighted by molar-refractivity contribution is 1.05. The number of hydrogen-bond acceptors (Lipinski definition) is 4. The lowest BCUT2D eigenvalue weighted by atomic mass is 10.3. The minimum Gasteiger partial charge on any atom is -0.261 e. The summed E-state index contributed by atoms with van der Waals surface area (Å²) < 4.78 is 0. The molecule has 1 aromatic heterocycles. The van der Waals surface area contributed by atoms with Crippen molar-refractivity contribution in [1.29, 1.82) is 5.26 Å². The lowest BCUT2D eigenvalue weighted by Crippen LogP contribution is -2.32. The van der Waals surface area contributed by atoms with Gasteiger partial charge in [-0.3, -0.25) is 5.32 Å². The molecule has 0 aliphatic heterocycles. The van der Waals surface area contributed by atoms with Crippen LogP contribution in [0.2, 0.25) is 0 Å². The van der Waals surface area contributed by atoms with E-state index in [0.717, 1.165) is 16.3 Å². The van der Waals surface area contributed by atoms with Crippen LogP contribution in [0.15, 0.2) is 12.7 Å². The molecule has 0 saturated carbocycles. The molecular formula is C13H18N4. The van der Waals surface area contributed by atoms with Crippen molar-refractivity contribution in [2.24, 2.45) is 0 Å². The predicted octanol–water partition coefficient (Wildman–Crippen LogP) is 1.47. The Morgan fingerprint density at radius 1 is 1.35 bits per heavy atom. The molecule has 0 bridgehead atoms. The van der Waals surface area contributed by atoms with Crippen molar-refractivity contribution in [3.8, 4) is 6.19 Å². The number of aryl methyl sites for hydroxylation is 1. The molecule has 0 fully saturated rings. The Balaban J connectivity index is 0.00000121. The molecular weight excluding hydrogens is 212 g/mol. The third-order valence-corrected chi connectivity index (χ3v) is 1.90. The van der Waals surface area contributed by atoms with Crippen molar-refractivity contribution in [3.05, 3.63) is 28.9 Å². The van der Waals surface area contributed by atoms with Gasteiger partial charge in [-0.15, -0.1) is 0 Å². The first kappa shape index (κ1) is 14.8. The van der Waals surface area contributed by atoms with Gasteiger partial charge in [0.15, 0.2) is 6.19 Å². The maximum Gasteiger partial charge on any atom is 0.236 e. The summed E-state index contributed by atoms with van der Waals surface area (Å²) in [7, 11) is 0. The summed E-state index contributed by atoms with van der Waals surface area (Å²) in [5.74, 6) is 0.314. The molecule has 1 aromatic rings. The molecule has 1 N–H and O–H groups in total. The van der Waals surface area contributed by atoms with Gasteiger partial charge in [0.2, 0.25) is 5.95 Å². The SMILES string of the molecule is C=C/C=c1/nc(NC#N)nc(C)/c1=C/C.CC. The summed E-state index contributed by atoms with van der Waals surface area (Å²) in [6.45, 7) is 11.4. The second kappa shape index (κ2) is 8.05. The van der Waals surface area contributed by atoms with Gasteiger partial charge in [0.1, 0.15) is 0 Å². The Hall–Kier alpha value is -2.15. The van der Waals surface area contributed by atoms with Crippen molar-refractivity contribution in [3.63, 3.8) is 0 Å². The van der Waals surface area contributed by atoms with Gasteiger partial charge in [0.25, 0.3) is 0 Å². The molecule has 0 saturated heterocycles. The number of anilines is 1. The quantitative estimate of drug-likeness (QED) is 0.617. The largest absolute Gasteiger partial charge is 0.261 e. The fourth-order valence-corrected chi connectivity index (χ4v) is 1.31. The van der Waals surface area contributed by atoms with Crippen molar-refractivity contribution in [1.82, 2.24) is 9.97 Å². The highest BCUT2D eigenvalue weighted by Crippen LogP contribution is 1.90. The van der Waals surface area contributed by atoms with Gasteiger partial charge in [-0.1, -0.05) is 32.6 Å². The van der Waals surface area contributed by atoms with E-state index < -0.39 is 0 Å². The van der Waals surface area contributed by atoms with E-state index in [0.29, 0.717) is 5.95 Å². The van der Waals surface area contributed by atoms with Crippen LogP contribution in [0.1, 0.15) is 26.5 Å². The number of nitrogens with one attached hydrogen (secondary N) is 1. The average Bonchev–Trinajstić information content (AvgIpc) is 2.32. The molecule has 0 spiro atoms. The van der Waals surface area contributed by atoms with Gasteiger partial charge >= 0.3 is 0 Å². The van der Waals surface area contributed by atoms with E-state index in [1.807, 2.05) is 33.8 Å². The zero-order valence-corrected chi connectivity index (χ0v) is 10.8.